The number of likely N-dealkylation sites (N-methyl/N-ethyl adjacent to an activating group) is 1. The molecule has 0 radical (unpaired) electrons. The Labute approximate surface area is 144 Å². The van der Waals surface area contributed by atoms with Gasteiger partial charge in [-0.15, -0.1) is 0 Å². The van der Waals surface area contributed by atoms with E-state index in [9.17, 15) is 9.90 Å². The highest BCUT2D eigenvalue weighted by molar-refractivity contribution is 7.71. The van der Waals surface area contributed by atoms with Gasteiger partial charge < -0.3 is 14.7 Å². The first kappa shape index (κ1) is 17.9. The van der Waals surface area contributed by atoms with Crippen molar-refractivity contribution >= 4 is 18.4 Å². The number of H-pyrrole nitrogens is 1. The fourth-order valence-electron chi connectivity index (χ4n) is 2.11. The highest BCUT2D eigenvalue weighted by Gasteiger charge is 2.15. The predicted molar refractivity (Wildman–Crippen MR) is 96.5 cm³/mol. The van der Waals surface area contributed by atoms with Gasteiger partial charge in [0, 0.05) is 12.8 Å². The van der Waals surface area contributed by atoms with Gasteiger partial charge in [-0.3, -0.25) is 19.3 Å². The Morgan fingerprint density at radius 3 is 2.79 bits per heavy atom. The van der Waals surface area contributed by atoms with Crippen LogP contribution in [-0.4, -0.2) is 60.1 Å². The van der Waals surface area contributed by atoms with Gasteiger partial charge in [-0.05, 0) is 38.4 Å². The molecular weight excluding hydrogens is 328 g/mol. The smallest absolute Gasteiger partial charge is 0.264 e. The lowest BCUT2D eigenvalue weighted by atomic mass is 10.2. The molecule has 2 rings (SSSR count). The van der Waals surface area contributed by atoms with Crippen LogP contribution in [0.1, 0.15) is 5.56 Å². The van der Waals surface area contributed by atoms with E-state index in [2.05, 4.69) is 9.98 Å². The van der Waals surface area contributed by atoms with Gasteiger partial charge in [0.2, 0.25) is 5.88 Å². The third-order valence-corrected chi connectivity index (χ3v) is 3.63. The lowest BCUT2D eigenvalue weighted by molar-refractivity contribution is 0.402. The molecule has 0 aliphatic carbocycles. The molecule has 0 aliphatic heterocycles. The summed E-state index contributed by atoms with van der Waals surface area (Å²) in [7, 11) is 5.39. The molecular formula is C16H20N4O3S. The van der Waals surface area contributed by atoms with Crippen LogP contribution >= 0.6 is 12.2 Å². The highest BCUT2D eigenvalue weighted by atomic mass is 32.1. The SMILES string of the molecule is COc1ccccc1-n1c(O)c(C=NCCN(C)C)c(=O)[nH]c1=S. The number of nitrogens with one attached hydrogen (secondary N) is 1. The number of rotatable bonds is 6. The predicted octanol–water partition coefficient (Wildman–Crippen LogP) is 1.59. The highest BCUT2D eigenvalue weighted by Crippen LogP contribution is 2.26. The van der Waals surface area contributed by atoms with Crippen molar-refractivity contribution < 1.29 is 9.84 Å². The van der Waals surface area contributed by atoms with Crippen LogP contribution in [0.5, 0.6) is 11.6 Å². The molecule has 0 saturated heterocycles. The van der Waals surface area contributed by atoms with Crippen molar-refractivity contribution in [2.45, 2.75) is 0 Å². The molecule has 1 aromatic carbocycles. The Bertz CT molecular complexity index is 855. The molecule has 0 fully saturated rings. The standard InChI is InChI=1S/C16H20N4O3S/c1-19(2)9-8-17-10-11-14(21)18-16(24)20(15(11)22)12-6-4-5-7-13(12)23-3/h4-7,10,22H,8-9H2,1-3H3,(H,18,21,24). The van der Waals surface area contributed by atoms with Gasteiger partial charge in [-0.1, -0.05) is 12.1 Å². The van der Waals surface area contributed by atoms with Crippen molar-refractivity contribution in [3.63, 3.8) is 0 Å². The van der Waals surface area contributed by atoms with Crippen molar-refractivity contribution in [1.82, 2.24) is 14.5 Å². The van der Waals surface area contributed by atoms with Gasteiger partial charge in [-0.25, -0.2) is 0 Å². The average molecular weight is 348 g/mol. The number of hydrogen-bond acceptors (Lipinski definition) is 6. The van der Waals surface area contributed by atoms with Gasteiger partial charge in [0.05, 0.1) is 19.3 Å². The zero-order valence-electron chi connectivity index (χ0n) is 13.8. The van der Waals surface area contributed by atoms with E-state index in [4.69, 9.17) is 17.0 Å². The molecule has 0 aliphatic rings. The number of aliphatic imine (C=N–C) groups is 1. The number of hydrogen-bond donors (Lipinski definition) is 2. The quantitative estimate of drug-likeness (QED) is 0.612. The van der Waals surface area contributed by atoms with E-state index < -0.39 is 5.56 Å². The number of methoxy groups -OCH3 is 1. The Hall–Kier alpha value is -2.45. The minimum absolute atomic E-state index is 0.0493. The van der Waals surface area contributed by atoms with Crippen molar-refractivity contribution in [2.24, 2.45) is 4.99 Å². The molecule has 0 unspecified atom stereocenters. The first-order valence-corrected chi connectivity index (χ1v) is 7.72. The van der Waals surface area contributed by atoms with Gasteiger partial charge >= 0.3 is 0 Å². The van der Waals surface area contributed by atoms with Crippen molar-refractivity contribution in [3.05, 3.63) is 45.0 Å². The molecule has 8 heteroatoms. The van der Waals surface area contributed by atoms with E-state index in [0.717, 1.165) is 6.54 Å². The Kier molecular flexibility index (Phi) is 5.88. The molecule has 1 aromatic heterocycles. The molecule has 0 atom stereocenters. The number of benzene rings is 1. The van der Waals surface area contributed by atoms with Crippen LogP contribution in [0.2, 0.25) is 0 Å². The van der Waals surface area contributed by atoms with E-state index >= 15 is 0 Å². The van der Waals surface area contributed by atoms with Crippen LogP contribution < -0.4 is 10.3 Å². The topological polar surface area (TPSA) is 82.8 Å². The molecule has 1 heterocycles. The third kappa shape index (κ3) is 3.90. The first-order chi connectivity index (χ1) is 11.5. The van der Waals surface area contributed by atoms with Crippen molar-refractivity contribution in [2.75, 3.05) is 34.3 Å². The molecule has 24 heavy (non-hydrogen) atoms. The largest absolute Gasteiger partial charge is 0.495 e. The normalized spacial score (nSPS) is 11.3. The van der Waals surface area contributed by atoms with Crippen LogP contribution in [0.15, 0.2) is 34.1 Å². The second kappa shape index (κ2) is 7.89. The summed E-state index contributed by atoms with van der Waals surface area (Å²) in [5.41, 5.74) is 0.0900. The second-order valence-corrected chi connectivity index (χ2v) is 5.73. The average Bonchev–Trinajstić information content (AvgIpc) is 2.54. The molecule has 0 saturated carbocycles. The zero-order valence-corrected chi connectivity index (χ0v) is 14.6. The summed E-state index contributed by atoms with van der Waals surface area (Å²) in [4.78, 5) is 20.8. The number of nitrogens with zero attached hydrogens (tertiary/aromatic N) is 3. The first-order valence-electron chi connectivity index (χ1n) is 7.32. The molecule has 0 bridgehead atoms. The maximum atomic E-state index is 12.1. The third-order valence-electron chi connectivity index (χ3n) is 3.34. The summed E-state index contributed by atoms with van der Waals surface area (Å²) in [5.74, 6) is 0.244. The van der Waals surface area contributed by atoms with Crippen LogP contribution in [0.25, 0.3) is 5.69 Å². The van der Waals surface area contributed by atoms with Crippen LogP contribution in [-0.2, 0) is 0 Å². The zero-order chi connectivity index (χ0) is 17.7. The summed E-state index contributed by atoms with van der Waals surface area (Å²) < 4.78 is 6.72. The van der Waals surface area contributed by atoms with Gasteiger partial charge in [-0.2, -0.15) is 0 Å². The van der Waals surface area contributed by atoms with Gasteiger partial charge in [0.25, 0.3) is 5.56 Å². The molecule has 0 spiro atoms. The number of ether oxygens (including phenoxy) is 1. The molecule has 2 N–H and O–H groups in total. The van der Waals surface area contributed by atoms with Gasteiger partial charge in [0.15, 0.2) is 4.77 Å². The fourth-order valence-corrected chi connectivity index (χ4v) is 2.38. The van der Waals surface area contributed by atoms with Gasteiger partial charge in [0.1, 0.15) is 11.3 Å². The van der Waals surface area contributed by atoms with Crippen LogP contribution in [0.3, 0.4) is 0 Å². The number of para-hydroxylation sites is 2. The fraction of sp³-hybridized carbons (Fsp3) is 0.312. The van der Waals surface area contributed by atoms with Crippen molar-refractivity contribution in [1.29, 1.82) is 0 Å². The summed E-state index contributed by atoms with van der Waals surface area (Å²) in [5, 5.41) is 10.6. The maximum absolute atomic E-state index is 12.1. The molecule has 7 nitrogen and oxygen atoms in total. The molecule has 0 amide bonds. The van der Waals surface area contributed by atoms with Crippen LogP contribution in [0, 0.1) is 4.77 Å². The Balaban J connectivity index is 2.53. The van der Waals surface area contributed by atoms with E-state index in [1.165, 1.54) is 17.9 Å². The lowest BCUT2D eigenvalue weighted by Gasteiger charge is -2.14. The molecule has 128 valence electrons. The monoisotopic (exact) mass is 348 g/mol. The summed E-state index contributed by atoms with van der Waals surface area (Å²) >= 11 is 5.19. The van der Waals surface area contributed by atoms with E-state index in [0.29, 0.717) is 18.0 Å². The molecule has 2 aromatic rings. The Morgan fingerprint density at radius 1 is 1.42 bits per heavy atom. The summed E-state index contributed by atoms with van der Waals surface area (Å²) in [6.07, 6.45) is 1.36. The maximum Gasteiger partial charge on any atom is 0.264 e. The number of aromatic amines is 1. The van der Waals surface area contributed by atoms with E-state index in [-0.39, 0.29) is 16.2 Å². The minimum Gasteiger partial charge on any atom is -0.495 e. The Morgan fingerprint density at radius 2 is 2.12 bits per heavy atom. The second-order valence-electron chi connectivity index (χ2n) is 5.34. The number of aromatic nitrogens is 2. The number of aromatic hydroxyl groups is 1. The lowest BCUT2D eigenvalue weighted by Crippen LogP contribution is -2.19. The van der Waals surface area contributed by atoms with Crippen LogP contribution in [0.4, 0.5) is 0 Å². The summed E-state index contributed by atoms with van der Waals surface area (Å²) in [6, 6.07) is 7.07. The minimum atomic E-state index is -0.489. The van der Waals surface area contributed by atoms with E-state index in [1.54, 1.807) is 24.3 Å². The van der Waals surface area contributed by atoms with E-state index in [1.807, 2.05) is 19.0 Å². The van der Waals surface area contributed by atoms with Crippen molar-refractivity contribution in [3.8, 4) is 17.3 Å². The summed E-state index contributed by atoms with van der Waals surface area (Å²) in [6.45, 7) is 1.25.